The number of para-hydroxylation sites is 1. The van der Waals surface area contributed by atoms with E-state index in [1.165, 1.54) is 9.47 Å². The first-order chi connectivity index (χ1) is 19.7. The molecule has 9 nitrogen and oxygen atoms in total. The lowest BCUT2D eigenvalue weighted by atomic mass is 9.94. The van der Waals surface area contributed by atoms with Crippen LogP contribution in [0, 0.1) is 0 Å². The number of aromatic nitrogens is 1. The topological polar surface area (TPSA) is 101 Å². The van der Waals surface area contributed by atoms with Gasteiger partial charge in [-0.15, -0.1) is 0 Å². The van der Waals surface area contributed by atoms with Crippen molar-refractivity contribution in [2.24, 2.45) is 4.99 Å². The van der Waals surface area contributed by atoms with E-state index in [4.69, 9.17) is 21.3 Å². The quantitative estimate of drug-likeness (QED) is 0.393. The minimum Gasteiger partial charge on any atom is -0.465 e. The van der Waals surface area contributed by atoms with Gasteiger partial charge >= 0.3 is 5.97 Å². The van der Waals surface area contributed by atoms with Crippen molar-refractivity contribution in [2.75, 3.05) is 31.1 Å². The van der Waals surface area contributed by atoms with Crippen LogP contribution in [0.1, 0.15) is 44.9 Å². The van der Waals surface area contributed by atoms with Crippen LogP contribution in [0.3, 0.4) is 0 Å². The number of carbonyl (C=O) groups excluding carboxylic acids is 3. The molecule has 0 bridgehead atoms. The third kappa shape index (κ3) is 4.91. The molecule has 0 spiro atoms. The van der Waals surface area contributed by atoms with Crippen molar-refractivity contribution in [2.45, 2.75) is 33.7 Å². The Hall–Kier alpha value is -4.02. The second kappa shape index (κ2) is 11.5. The zero-order valence-electron chi connectivity index (χ0n) is 23.1. The van der Waals surface area contributed by atoms with Crippen LogP contribution in [-0.4, -0.2) is 53.5 Å². The van der Waals surface area contributed by atoms with Gasteiger partial charge in [0.05, 0.1) is 35.2 Å². The maximum Gasteiger partial charge on any atom is 0.326 e. The lowest BCUT2D eigenvalue weighted by molar-refractivity contribution is -0.142. The van der Waals surface area contributed by atoms with Crippen molar-refractivity contribution in [3.63, 3.8) is 0 Å². The number of allylic oxidation sites excluding steroid dienone is 1. The Morgan fingerprint density at radius 3 is 2.39 bits per heavy atom. The fourth-order valence-electron chi connectivity index (χ4n) is 5.28. The molecule has 1 aromatic heterocycles. The lowest BCUT2D eigenvalue weighted by Crippen LogP contribution is -2.43. The Labute approximate surface area is 245 Å². The molecule has 2 aliphatic rings. The van der Waals surface area contributed by atoms with E-state index in [0.29, 0.717) is 51.0 Å². The molecule has 0 N–H and O–H groups in total. The summed E-state index contributed by atoms with van der Waals surface area (Å²) in [6.45, 7) is 8.16. The molecule has 2 aromatic carbocycles. The van der Waals surface area contributed by atoms with Gasteiger partial charge in [-0.3, -0.25) is 28.6 Å². The maximum absolute atomic E-state index is 14.3. The molecular weight excluding hydrogens is 564 g/mol. The predicted molar refractivity (Wildman–Crippen MR) is 158 cm³/mol. The Balaban J connectivity index is 1.76. The first-order valence-electron chi connectivity index (χ1n) is 13.4. The summed E-state index contributed by atoms with van der Waals surface area (Å²) in [7, 11) is 0. The molecule has 1 atom stereocenters. The number of fused-ring (bicyclic) bond motifs is 2. The van der Waals surface area contributed by atoms with Crippen molar-refractivity contribution in [3.8, 4) is 0 Å². The van der Waals surface area contributed by atoms with Crippen LogP contribution in [-0.2, 0) is 19.1 Å². The average molecular weight is 593 g/mol. The van der Waals surface area contributed by atoms with Gasteiger partial charge in [-0.05, 0) is 51.5 Å². The summed E-state index contributed by atoms with van der Waals surface area (Å²) in [6.07, 6.45) is 0. The first-order valence-corrected chi connectivity index (χ1v) is 14.6. The molecule has 0 aliphatic carbocycles. The number of halogens is 1. The largest absolute Gasteiger partial charge is 0.465 e. The monoisotopic (exact) mass is 592 g/mol. The van der Waals surface area contributed by atoms with Gasteiger partial charge < -0.3 is 9.64 Å². The number of nitrogens with zero attached hydrogens (tertiary/aromatic N) is 4. The van der Waals surface area contributed by atoms with Gasteiger partial charge in [-0.1, -0.05) is 53.3 Å². The summed E-state index contributed by atoms with van der Waals surface area (Å²) < 4.78 is 6.76. The van der Waals surface area contributed by atoms with Crippen LogP contribution in [0.2, 0.25) is 5.02 Å². The smallest absolute Gasteiger partial charge is 0.326 e. The summed E-state index contributed by atoms with van der Waals surface area (Å²) >= 11 is 7.27. The number of carbonyl (C=O) groups is 3. The molecule has 3 heterocycles. The highest BCUT2D eigenvalue weighted by Gasteiger charge is 2.38. The van der Waals surface area contributed by atoms with E-state index < -0.39 is 23.5 Å². The van der Waals surface area contributed by atoms with E-state index in [0.717, 1.165) is 11.3 Å². The molecular formula is C30H29ClN4O5S. The molecule has 0 fully saturated rings. The molecule has 0 unspecified atom stereocenters. The molecule has 3 aromatic rings. The molecule has 2 aliphatic heterocycles. The molecule has 5 rings (SSSR count). The molecule has 41 heavy (non-hydrogen) atoms. The third-order valence-electron chi connectivity index (χ3n) is 7.21. The van der Waals surface area contributed by atoms with Gasteiger partial charge in [0.15, 0.2) is 4.80 Å². The number of ether oxygens (including phenoxy) is 1. The second-order valence-corrected chi connectivity index (χ2v) is 10.9. The standard InChI is InChI=1S/C30H29ClN4O5S/c1-5-33(6-2)27(37)23-17(4)32-30-35(25(23)18-12-14-19(31)15-13-18)29(39)26(41-30)24-20-10-8-9-11-21(20)34(28(24)38)16-22(36)40-7-3/h8-15,25H,5-7,16H2,1-4H3/b26-24-/t25-/m1/s1. The minimum absolute atomic E-state index is 0.187. The van der Waals surface area contributed by atoms with Gasteiger partial charge in [0.1, 0.15) is 11.1 Å². The van der Waals surface area contributed by atoms with Gasteiger partial charge in [-0.2, -0.15) is 0 Å². The van der Waals surface area contributed by atoms with Crippen LogP contribution in [0.4, 0.5) is 5.69 Å². The van der Waals surface area contributed by atoms with Crippen LogP contribution in [0.25, 0.3) is 5.57 Å². The fraction of sp³-hybridized carbons (Fsp3) is 0.300. The van der Waals surface area contributed by atoms with E-state index in [-0.39, 0.29) is 29.2 Å². The van der Waals surface area contributed by atoms with Crippen molar-refractivity contribution in [1.29, 1.82) is 0 Å². The Bertz CT molecular complexity index is 1770. The van der Waals surface area contributed by atoms with Gasteiger partial charge in [0, 0.05) is 23.7 Å². The van der Waals surface area contributed by atoms with Crippen LogP contribution in [0.5, 0.6) is 0 Å². The van der Waals surface area contributed by atoms with E-state index in [9.17, 15) is 19.2 Å². The highest BCUT2D eigenvalue weighted by atomic mass is 35.5. The van der Waals surface area contributed by atoms with Crippen molar-refractivity contribution < 1.29 is 19.1 Å². The molecule has 0 saturated heterocycles. The van der Waals surface area contributed by atoms with E-state index in [2.05, 4.69) is 0 Å². The maximum atomic E-state index is 14.3. The number of esters is 1. The predicted octanol–water partition coefficient (Wildman–Crippen LogP) is 3.04. The van der Waals surface area contributed by atoms with E-state index in [1.54, 1.807) is 67.3 Å². The number of rotatable bonds is 7. The number of amides is 2. The van der Waals surface area contributed by atoms with Gasteiger partial charge in [0.25, 0.3) is 17.4 Å². The molecule has 0 saturated carbocycles. The number of thiazole rings is 1. The Morgan fingerprint density at radius 1 is 1.05 bits per heavy atom. The normalized spacial score (nSPS) is 17.2. The summed E-state index contributed by atoms with van der Waals surface area (Å²) in [4.78, 5) is 62.3. The van der Waals surface area contributed by atoms with Crippen molar-refractivity contribution >= 4 is 52.0 Å². The average Bonchev–Trinajstić information content (AvgIpc) is 3.41. The highest BCUT2D eigenvalue weighted by Crippen LogP contribution is 2.36. The molecule has 0 radical (unpaired) electrons. The molecule has 212 valence electrons. The van der Waals surface area contributed by atoms with Crippen LogP contribution in [0.15, 0.2) is 69.6 Å². The first kappa shape index (κ1) is 28.5. The number of benzene rings is 2. The van der Waals surface area contributed by atoms with Gasteiger partial charge in [-0.25, -0.2) is 4.99 Å². The Morgan fingerprint density at radius 2 is 1.73 bits per heavy atom. The summed E-state index contributed by atoms with van der Waals surface area (Å²) in [5, 5.41) is 0.524. The minimum atomic E-state index is -0.770. The fourth-order valence-corrected chi connectivity index (χ4v) is 6.54. The van der Waals surface area contributed by atoms with E-state index in [1.807, 2.05) is 13.8 Å². The zero-order valence-corrected chi connectivity index (χ0v) is 24.7. The van der Waals surface area contributed by atoms with E-state index >= 15 is 0 Å². The zero-order chi connectivity index (χ0) is 29.4. The van der Waals surface area contributed by atoms with Crippen LogP contribution < -0.4 is 19.8 Å². The molecule has 11 heteroatoms. The number of hydrogen-bond donors (Lipinski definition) is 0. The highest BCUT2D eigenvalue weighted by molar-refractivity contribution is 7.07. The summed E-state index contributed by atoms with van der Waals surface area (Å²) in [5.74, 6) is -1.23. The van der Waals surface area contributed by atoms with Gasteiger partial charge in [0.2, 0.25) is 0 Å². The number of hydrogen-bond acceptors (Lipinski definition) is 7. The van der Waals surface area contributed by atoms with Crippen molar-refractivity contribution in [3.05, 3.63) is 95.6 Å². The lowest BCUT2D eigenvalue weighted by Gasteiger charge is -2.29. The third-order valence-corrected chi connectivity index (χ3v) is 8.51. The molecule has 2 amide bonds. The number of likely N-dealkylation sites (N-methyl/N-ethyl adjacent to an activating group) is 1. The second-order valence-electron chi connectivity index (χ2n) is 9.52. The summed E-state index contributed by atoms with van der Waals surface area (Å²) in [6, 6.07) is 13.3. The number of anilines is 1. The Kier molecular flexibility index (Phi) is 7.97. The van der Waals surface area contributed by atoms with Crippen molar-refractivity contribution in [1.82, 2.24) is 9.47 Å². The summed E-state index contributed by atoms with van der Waals surface area (Å²) in [5.41, 5.74) is 2.41. The van der Waals surface area contributed by atoms with Crippen LogP contribution >= 0.6 is 22.9 Å². The SMILES string of the molecule is CCOC(=O)CN1C(=O)/C(=c2\sc3n(c2=O)[C@H](c2ccc(Cl)cc2)C(C(=O)N(CC)CC)=C(C)N=3)c2ccccc21.